The highest BCUT2D eigenvalue weighted by Gasteiger charge is 2.29. The number of benzene rings is 2. The summed E-state index contributed by atoms with van der Waals surface area (Å²) in [6, 6.07) is 9.99. The zero-order chi connectivity index (χ0) is 28.6. The molecular weight excluding hydrogens is 545 g/mol. The first-order chi connectivity index (χ1) is 17.7. The van der Waals surface area contributed by atoms with Crippen molar-refractivity contribution in [3.63, 3.8) is 0 Å². The van der Waals surface area contributed by atoms with Crippen LogP contribution in [0, 0.1) is 19.8 Å². The fourth-order valence-corrected chi connectivity index (χ4v) is 5.63. The van der Waals surface area contributed by atoms with E-state index < -0.39 is 16.1 Å². The van der Waals surface area contributed by atoms with E-state index in [0.717, 1.165) is 17.4 Å². The Kier molecular flexibility index (Phi) is 11.9. The zero-order valence-corrected chi connectivity index (χ0v) is 25.4. The Morgan fingerprint density at radius 1 is 1.05 bits per heavy atom. The van der Waals surface area contributed by atoms with E-state index in [1.165, 1.54) is 9.21 Å². The summed E-state index contributed by atoms with van der Waals surface area (Å²) in [5.41, 5.74) is 3.05. The molecule has 0 spiro atoms. The standard InChI is InChI=1S/C28H39Cl2N3O4S/c1-7-25(28(35)31-17-19(2)3)32(18-22-12-13-23(29)16-24(22)30)27(34)9-8-14-33(38(6,36)37)26-15-20(4)10-11-21(26)5/h10-13,15-16,19,25H,7-9,14,17-18H2,1-6H3,(H,31,35)/t25-/m1/s1. The van der Waals surface area contributed by atoms with Gasteiger partial charge in [-0.05, 0) is 67.5 Å². The summed E-state index contributed by atoms with van der Waals surface area (Å²) in [4.78, 5) is 28.2. The fraction of sp³-hybridized carbons (Fsp3) is 0.500. The lowest BCUT2D eigenvalue weighted by molar-refractivity contribution is -0.141. The van der Waals surface area contributed by atoms with Crippen LogP contribution < -0.4 is 9.62 Å². The van der Waals surface area contributed by atoms with E-state index in [4.69, 9.17) is 23.2 Å². The van der Waals surface area contributed by atoms with Crippen molar-refractivity contribution in [3.8, 4) is 0 Å². The molecule has 0 bridgehead atoms. The van der Waals surface area contributed by atoms with Crippen molar-refractivity contribution in [2.24, 2.45) is 5.92 Å². The van der Waals surface area contributed by atoms with Gasteiger partial charge in [-0.1, -0.05) is 62.2 Å². The summed E-state index contributed by atoms with van der Waals surface area (Å²) in [6.45, 7) is 10.4. The molecule has 2 aromatic carbocycles. The number of sulfonamides is 1. The Hall–Kier alpha value is -2.29. The van der Waals surface area contributed by atoms with Crippen LogP contribution in [0.2, 0.25) is 10.0 Å². The van der Waals surface area contributed by atoms with Crippen molar-refractivity contribution in [2.75, 3.05) is 23.7 Å². The average molecular weight is 585 g/mol. The van der Waals surface area contributed by atoms with Crippen LogP contribution >= 0.6 is 23.2 Å². The molecule has 2 rings (SSSR count). The molecule has 0 heterocycles. The largest absolute Gasteiger partial charge is 0.354 e. The second-order valence-electron chi connectivity index (χ2n) is 10.0. The summed E-state index contributed by atoms with van der Waals surface area (Å²) in [7, 11) is -3.57. The number of anilines is 1. The van der Waals surface area contributed by atoms with Gasteiger partial charge >= 0.3 is 0 Å². The molecule has 0 saturated carbocycles. The molecule has 38 heavy (non-hydrogen) atoms. The molecule has 1 N–H and O–H groups in total. The molecule has 0 radical (unpaired) electrons. The smallest absolute Gasteiger partial charge is 0.242 e. The number of nitrogens with zero attached hydrogens (tertiary/aromatic N) is 2. The Balaban J connectivity index is 2.28. The Bertz CT molecular complexity index is 1230. The van der Waals surface area contributed by atoms with E-state index in [1.54, 1.807) is 18.2 Å². The number of carbonyl (C=O) groups excluding carboxylic acids is 2. The minimum absolute atomic E-state index is 0.0655. The Morgan fingerprint density at radius 2 is 1.74 bits per heavy atom. The average Bonchev–Trinajstić information content (AvgIpc) is 2.82. The van der Waals surface area contributed by atoms with Crippen molar-refractivity contribution >= 4 is 50.7 Å². The number of hydrogen-bond acceptors (Lipinski definition) is 4. The fourth-order valence-electron chi connectivity index (χ4n) is 4.15. The molecular formula is C28H39Cl2N3O4S. The van der Waals surface area contributed by atoms with Crippen LogP contribution in [0.5, 0.6) is 0 Å². The third-order valence-electron chi connectivity index (χ3n) is 6.21. The molecule has 7 nitrogen and oxygen atoms in total. The molecule has 0 fully saturated rings. The van der Waals surface area contributed by atoms with Crippen LogP contribution in [0.25, 0.3) is 0 Å². The molecule has 2 amide bonds. The number of halogens is 2. The van der Waals surface area contributed by atoms with Crippen LogP contribution in [0.1, 0.15) is 56.7 Å². The highest BCUT2D eigenvalue weighted by Crippen LogP contribution is 2.26. The van der Waals surface area contributed by atoms with Gasteiger partial charge in [0.15, 0.2) is 0 Å². The van der Waals surface area contributed by atoms with Crippen molar-refractivity contribution in [2.45, 2.75) is 66.5 Å². The van der Waals surface area contributed by atoms with Gasteiger partial charge in [-0.15, -0.1) is 0 Å². The van der Waals surface area contributed by atoms with Crippen LogP contribution in [-0.4, -0.2) is 50.5 Å². The lowest BCUT2D eigenvalue weighted by atomic mass is 10.1. The SMILES string of the molecule is CC[C@H](C(=O)NCC(C)C)N(Cc1ccc(Cl)cc1Cl)C(=O)CCCN(c1cc(C)ccc1C)S(C)(=O)=O. The second kappa shape index (κ2) is 14.2. The number of rotatable bonds is 13. The van der Waals surface area contributed by atoms with Gasteiger partial charge < -0.3 is 10.2 Å². The Morgan fingerprint density at radius 3 is 2.32 bits per heavy atom. The molecule has 0 aromatic heterocycles. The number of carbonyl (C=O) groups is 2. The number of hydrogen-bond donors (Lipinski definition) is 1. The predicted octanol–water partition coefficient (Wildman–Crippen LogP) is 5.74. The number of nitrogens with one attached hydrogen (secondary N) is 1. The van der Waals surface area contributed by atoms with E-state index in [1.807, 2.05) is 52.8 Å². The van der Waals surface area contributed by atoms with E-state index in [9.17, 15) is 18.0 Å². The van der Waals surface area contributed by atoms with Gasteiger partial charge in [0, 0.05) is 36.1 Å². The first-order valence-electron chi connectivity index (χ1n) is 12.8. The summed E-state index contributed by atoms with van der Waals surface area (Å²) in [5.74, 6) is -0.219. The van der Waals surface area contributed by atoms with Crippen molar-refractivity contribution < 1.29 is 18.0 Å². The van der Waals surface area contributed by atoms with Crippen LogP contribution in [0.4, 0.5) is 5.69 Å². The van der Waals surface area contributed by atoms with Crippen LogP contribution in [0.15, 0.2) is 36.4 Å². The minimum Gasteiger partial charge on any atom is -0.354 e. The van der Waals surface area contributed by atoms with E-state index in [2.05, 4.69) is 5.32 Å². The highest BCUT2D eigenvalue weighted by atomic mass is 35.5. The van der Waals surface area contributed by atoms with E-state index in [-0.39, 0.29) is 43.7 Å². The maximum atomic E-state index is 13.6. The van der Waals surface area contributed by atoms with Crippen LogP contribution in [-0.2, 0) is 26.2 Å². The lowest BCUT2D eigenvalue weighted by Crippen LogP contribution is -2.49. The maximum absolute atomic E-state index is 13.6. The van der Waals surface area contributed by atoms with Crippen molar-refractivity contribution in [1.29, 1.82) is 0 Å². The van der Waals surface area contributed by atoms with Gasteiger partial charge in [-0.3, -0.25) is 13.9 Å². The quantitative estimate of drug-likeness (QED) is 0.326. The highest BCUT2D eigenvalue weighted by molar-refractivity contribution is 7.92. The normalized spacial score (nSPS) is 12.3. The summed E-state index contributed by atoms with van der Waals surface area (Å²) in [6.07, 6.45) is 1.93. The topological polar surface area (TPSA) is 86.8 Å². The summed E-state index contributed by atoms with van der Waals surface area (Å²) in [5, 5.41) is 3.82. The van der Waals surface area contributed by atoms with Gasteiger partial charge in [-0.2, -0.15) is 0 Å². The van der Waals surface area contributed by atoms with Crippen LogP contribution in [0.3, 0.4) is 0 Å². The second-order valence-corrected chi connectivity index (χ2v) is 12.8. The predicted molar refractivity (Wildman–Crippen MR) is 156 cm³/mol. The minimum atomic E-state index is -3.57. The van der Waals surface area contributed by atoms with Crippen molar-refractivity contribution in [3.05, 3.63) is 63.1 Å². The van der Waals surface area contributed by atoms with E-state index >= 15 is 0 Å². The summed E-state index contributed by atoms with van der Waals surface area (Å²) >= 11 is 12.5. The van der Waals surface area contributed by atoms with E-state index in [0.29, 0.717) is 34.3 Å². The molecule has 10 heteroatoms. The molecule has 0 unspecified atom stereocenters. The van der Waals surface area contributed by atoms with Gasteiger partial charge in [0.1, 0.15) is 6.04 Å². The number of aryl methyl sites for hydroxylation is 2. The van der Waals surface area contributed by atoms with Gasteiger partial charge in [0.2, 0.25) is 21.8 Å². The third kappa shape index (κ3) is 9.17. The Labute approximate surface area is 237 Å². The molecule has 0 aliphatic heterocycles. The lowest BCUT2D eigenvalue weighted by Gasteiger charge is -2.31. The zero-order valence-electron chi connectivity index (χ0n) is 23.1. The molecule has 0 aliphatic rings. The molecule has 210 valence electrons. The monoisotopic (exact) mass is 583 g/mol. The molecule has 0 aliphatic carbocycles. The first-order valence-corrected chi connectivity index (χ1v) is 15.4. The third-order valence-corrected chi connectivity index (χ3v) is 7.98. The molecule has 1 atom stereocenters. The first kappa shape index (κ1) is 31.9. The van der Waals surface area contributed by atoms with Gasteiger partial charge in [-0.25, -0.2) is 8.42 Å². The van der Waals surface area contributed by atoms with Gasteiger partial charge in [0.25, 0.3) is 0 Å². The van der Waals surface area contributed by atoms with Crippen molar-refractivity contribution in [1.82, 2.24) is 10.2 Å². The number of amides is 2. The van der Waals surface area contributed by atoms with Gasteiger partial charge in [0.05, 0.1) is 11.9 Å². The summed E-state index contributed by atoms with van der Waals surface area (Å²) < 4.78 is 26.6. The molecule has 0 saturated heterocycles. The maximum Gasteiger partial charge on any atom is 0.242 e. The molecule has 2 aromatic rings.